The van der Waals surface area contributed by atoms with Crippen molar-refractivity contribution in [2.75, 3.05) is 13.6 Å². The van der Waals surface area contributed by atoms with Crippen molar-refractivity contribution < 1.29 is 4.79 Å². The topological polar surface area (TPSA) is 20.3 Å². The number of likely N-dealkylation sites (N-methyl/N-ethyl adjacent to an activating group) is 1. The molecule has 0 heterocycles. The molecule has 3 aromatic rings. The van der Waals surface area contributed by atoms with Crippen molar-refractivity contribution in [3.63, 3.8) is 0 Å². The minimum Gasteiger partial charge on any atom is -0.341 e. The molecular formula is C21H21NO. The van der Waals surface area contributed by atoms with Crippen LogP contribution in [0.1, 0.15) is 21.5 Å². The number of hydrogen-bond donors (Lipinski definition) is 0. The predicted octanol–water partition coefficient (Wildman–Crippen LogP) is 4.46. The second kappa shape index (κ2) is 6.66. The molecule has 0 radical (unpaired) electrons. The molecule has 0 unspecified atom stereocenters. The Labute approximate surface area is 137 Å². The van der Waals surface area contributed by atoms with Crippen LogP contribution in [-0.4, -0.2) is 24.4 Å². The minimum absolute atomic E-state index is 0.0869. The summed E-state index contributed by atoms with van der Waals surface area (Å²) in [6, 6.07) is 22.6. The maximum absolute atomic E-state index is 12.5. The third-order valence-electron chi connectivity index (χ3n) is 4.27. The Morgan fingerprint density at radius 3 is 2.39 bits per heavy atom. The zero-order chi connectivity index (χ0) is 16.2. The average Bonchev–Trinajstić information content (AvgIpc) is 2.59. The van der Waals surface area contributed by atoms with E-state index in [0.717, 1.165) is 17.5 Å². The Morgan fingerprint density at radius 2 is 1.61 bits per heavy atom. The molecule has 3 rings (SSSR count). The van der Waals surface area contributed by atoms with Gasteiger partial charge in [0.15, 0.2) is 0 Å². The molecule has 3 aromatic carbocycles. The Bertz CT molecular complexity index is 838. The van der Waals surface area contributed by atoms with Gasteiger partial charge in [0, 0.05) is 19.2 Å². The van der Waals surface area contributed by atoms with Gasteiger partial charge in [0.05, 0.1) is 0 Å². The molecule has 116 valence electrons. The summed E-state index contributed by atoms with van der Waals surface area (Å²) >= 11 is 0. The Hall–Kier alpha value is -2.61. The van der Waals surface area contributed by atoms with E-state index in [1.54, 1.807) is 4.90 Å². The highest BCUT2D eigenvalue weighted by atomic mass is 16.2. The Kier molecular flexibility index (Phi) is 4.42. The molecule has 0 atom stereocenters. The number of carbonyl (C=O) groups is 1. The molecule has 0 aliphatic heterocycles. The molecule has 0 aliphatic carbocycles. The summed E-state index contributed by atoms with van der Waals surface area (Å²) in [5.41, 5.74) is 3.07. The molecule has 2 nitrogen and oxygen atoms in total. The molecule has 0 saturated carbocycles. The molecule has 0 spiro atoms. The summed E-state index contributed by atoms with van der Waals surface area (Å²) in [4.78, 5) is 14.3. The van der Waals surface area contributed by atoms with Crippen molar-refractivity contribution in [1.82, 2.24) is 4.90 Å². The van der Waals surface area contributed by atoms with Crippen LogP contribution in [-0.2, 0) is 6.42 Å². The van der Waals surface area contributed by atoms with Crippen molar-refractivity contribution >= 4 is 16.7 Å². The lowest BCUT2D eigenvalue weighted by Gasteiger charge is -2.18. The van der Waals surface area contributed by atoms with Gasteiger partial charge in [-0.1, -0.05) is 60.7 Å². The second-order valence-electron chi connectivity index (χ2n) is 5.97. The molecule has 0 bridgehead atoms. The van der Waals surface area contributed by atoms with E-state index in [0.29, 0.717) is 6.54 Å². The second-order valence-corrected chi connectivity index (χ2v) is 5.97. The number of aryl methyl sites for hydroxylation is 1. The van der Waals surface area contributed by atoms with Gasteiger partial charge in [-0.05, 0) is 41.3 Å². The molecule has 0 fully saturated rings. The molecule has 2 heteroatoms. The highest BCUT2D eigenvalue weighted by Gasteiger charge is 2.13. The van der Waals surface area contributed by atoms with Crippen LogP contribution in [0.25, 0.3) is 10.8 Å². The van der Waals surface area contributed by atoms with Gasteiger partial charge in [-0.25, -0.2) is 0 Å². The fourth-order valence-corrected chi connectivity index (χ4v) is 2.81. The van der Waals surface area contributed by atoms with Crippen LogP contribution >= 0.6 is 0 Å². The lowest BCUT2D eigenvalue weighted by atomic mass is 10.0. The van der Waals surface area contributed by atoms with Gasteiger partial charge in [-0.3, -0.25) is 4.79 Å². The van der Waals surface area contributed by atoms with Crippen LogP contribution in [0, 0.1) is 6.92 Å². The highest BCUT2D eigenvalue weighted by molar-refractivity contribution is 5.95. The van der Waals surface area contributed by atoms with Crippen molar-refractivity contribution in [1.29, 1.82) is 0 Å². The summed E-state index contributed by atoms with van der Waals surface area (Å²) in [5.74, 6) is 0.0869. The van der Waals surface area contributed by atoms with Crippen molar-refractivity contribution in [3.05, 3.63) is 83.4 Å². The van der Waals surface area contributed by atoms with Crippen LogP contribution in [0.5, 0.6) is 0 Å². The number of benzene rings is 3. The van der Waals surface area contributed by atoms with Crippen molar-refractivity contribution in [2.45, 2.75) is 13.3 Å². The third-order valence-corrected chi connectivity index (χ3v) is 4.27. The summed E-state index contributed by atoms with van der Waals surface area (Å²) in [5, 5.41) is 2.50. The quantitative estimate of drug-likeness (QED) is 0.696. The zero-order valence-corrected chi connectivity index (χ0v) is 13.6. The molecule has 1 amide bonds. The smallest absolute Gasteiger partial charge is 0.253 e. The van der Waals surface area contributed by atoms with Gasteiger partial charge < -0.3 is 4.90 Å². The van der Waals surface area contributed by atoms with Gasteiger partial charge in [-0.2, -0.15) is 0 Å². The fourth-order valence-electron chi connectivity index (χ4n) is 2.81. The first-order valence-electron chi connectivity index (χ1n) is 7.94. The zero-order valence-electron chi connectivity index (χ0n) is 13.6. The van der Waals surface area contributed by atoms with E-state index in [-0.39, 0.29) is 5.91 Å². The lowest BCUT2D eigenvalue weighted by molar-refractivity contribution is 0.0796. The molecule has 0 N–H and O–H groups in total. The monoisotopic (exact) mass is 303 g/mol. The molecule has 0 aromatic heterocycles. The van der Waals surface area contributed by atoms with Crippen LogP contribution in [0.2, 0.25) is 0 Å². The third kappa shape index (κ3) is 3.42. The van der Waals surface area contributed by atoms with E-state index in [1.165, 1.54) is 16.3 Å². The van der Waals surface area contributed by atoms with Crippen LogP contribution in [0.15, 0.2) is 66.7 Å². The Balaban J connectivity index is 1.69. The first-order chi connectivity index (χ1) is 11.1. The fraction of sp³-hybridized carbons (Fsp3) is 0.190. The van der Waals surface area contributed by atoms with E-state index in [9.17, 15) is 4.79 Å². The van der Waals surface area contributed by atoms with E-state index in [4.69, 9.17) is 0 Å². The first kappa shape index (κ1) is 15.3. The van der Waals surface area contributed by atoms with E-state index >= 15 is 0 Å². The average molecular weight is 303 g/mol. The SMILES string of the molecule is Cc1ccccc1C(=O)N(C)CCc1ccc2ccccc2c1. The van der Waals surface area contributed by atoms with E-state index in [1.807, 2.05) is 38.2 Å². The molecule has 23 heavy (non-hydrogen) atoms. The van der Waals surface area contributed by atoms with Crippen LogP contribution in [0.4, 0.5) is 0 Å². The van der Waals surface area contributed by atoms with Crippen molar-refractivity contribution in [3.8, 4) is 0 Å². The predicted molar refractivity (Wildman–Crippen MR) is 95.8 cm³/mol. The largest absolute Gasteiger partial charge is 0.341 e. The highest BCUT2D eigenvalue weighted by Crippen LogP contribution is 2.16. The number of rotatable bonds is 4. The Morgan fingerprint density at radius 1 is 0.913 bits per heavy atom. The van der Waals surface area contributed by atoms with Gasteiger partial charge in [-0.15, -0.1) is 0 Å². The van der Waals surface area contributed by atoms with E-state index < -0.39 is 0 Å². The normalized spacial score (nSPS) is 10.7. The maximum atomic E-state index is 12.5. The lowest BCUT2D eigenvalue weighted by Crippen LogP contribution is -2.29. The molecule has 0 aliphatic rings. The minimum atomic E-state index is 0.0869. The standard InChI is InChI=1S/C21H21NO/c1-16-7-3-6-10-20(16)21(23)22(2)14-13-17-11-12-18-8-4-5-9-19(18)15-17/h3-12,15H,13-14H2,1-2H3. The number of amides is 1. The number of fused-ring (bicyclic) bond motifs is 1. The van der Waals surface area contributed by atoms with Gasteiger partial charge in [0.25, 0.3) is 5.91 Å². The number of carbonyl (C=O) groups excluding carboxylic acids is 1. The first-order valence-corrected chi connectivity index (χ1v) is 7.94. The maximum Gasteiger partial charge on any atom is 0.253 e. The summed E-state index contributed by atoms with van der Waals surface area (Å²) < 4.78 is 0. The molecular weight excluding hydrogens is 282 g/mol. The number of nitrogens with zero attached hydrogens (tertiary/aromatic N) is 1. The van der Waals surface area contributed by atoms with Crippen LogP contribution in [0.3, 0.4) is 0 Å². The molecule has 0 saturated heterocycles. The summed E-state index contributed by atoms with van der Waals surface area (Å²) in [6.07, 6.45) is 0.860. The summed E-state index contributed by atoms with van der Waals surface area (Å²) in [6.45, 7) is 2.69. The number of hydrogen-bond acceptors (Lipinski definition) is 1. The summed E-state index contributed by atoms with van der Waals surface area (Å²) in [7, 11) is 1.87. The van der Waals surface area contributed by atoms with Gasteiger partial charge in [0.1, 0.15) is 0 Å². The van der Waals surface area contributed by atoms with E-state index in [2.05, 4.69) is 42.5 Å². The van der Waals surface area contributed by atoms with Crippen LogP contribution < -0.4 is 0 Å². The van der Waals surface area contributed by atoms with Gasteiger partial charge >= 0.3 is 0 Å². The van der Waals surface area contributed by atoms with Gasteiger partial charge in [0.2, 0.25) is 0 Å². The van der Waals surface area contributed by atoms with Crippen molar-refractivity contribution in [2.24, 2.45) is 0 Å².